The van der Waals surface area contributed by atoms with E-state index in [1.807, 2.05) is 6.92 Å². The monoisotopic (exact) mass is 207 g/mol. The first-order chi connectivity index (χ1) is 7.09. The molecule has 84 valence electrons. The molecule has 2 nitrogen and oxygen atoms in total. The maximum Gasteiger partial charge on any atom is 0.0524 e. The average Bonchev–Trinajstić information content (AvgIpc) is 2.18. The molecule has 0 saturated carbocycles. The molecule has 0 fully saturated rings. The van der Waals surface area contributed by atoms with Gasteiger partial charge in [-0.25, -0.2) is 0 Å². The number of benzene rings is 1. The Hall–Kier alpha value is -0.860. The molecule has 0 radical (unpaired) electrons. The second kappa shape index (κ2) is 5.89. The number of aryl methyl sites for hydroxylation is 1. The lowest BCUT2D eigenvalue weighted by Gasteiger charge is -2.15. The van der Waals surface area contributed by atoms with E-state index in [4.69, 9.17) is 5.11 Å². The van der Waals surface area contributed by atoms with E-state index in [9.17, 15) is 0 Å². The van der Waals surface area contributed by atoms with E-state index in [1.165, 1.54) is 11.1 Å². The lowest BCUT2D eigenvalue weighted by atomic mass is 10.1. The second-order valence-corrected chi connectivity index (χ2v) is 4.22. The summed E-state index contributed by atoms with van der Waals surface area (Å²) in [5, 5.41) is 12.5. The van der Waals surface area contributed by atoms with Crippen LogP contribution in [0, 0.1) is 6.92 Å². The minimum Gasteiger partial charge on any atom is -0.393 e. The number of aliphatic hydroxyl groups is 1. The summed E-state index contributed by atoms with van der Waals surface area (Å²) in [4.78, 5) is 0. The molecule has 0 heterocycles. The number of nitrogens with one attached hydrogen (secondary N) is 1. The molecule has 2 N–H and O–H groups in total. The predicted molar refractivity (Wildman–Crippen MR) is 63.9 cm³/mol. The Morgan fingerprint density at radius 3 is 2.33 bits per heavy atom. The quantitative estimate of drug-likeness (QED) is 0.777. The molecule has 1 rings (SSSR count). The maximum atomic E-state index is 9.13. The van der Waals surface area contributed by atoms with Gasteiger partial charge in [-0.3, -0.25) is 0 Å². The fourth-order valence-electron chi connectivity index (χ4n) is 1.48. The average molecular weight is 207 g/mol. The van der Waals surface area contributed by atoms with Crippen LogP contribution in [0.3, 0.4) is 0 Å². The van der Waals surface area contributed by atoms with Crippen molar-refractivity contribution in [2.45, 2.75) is 39.3 Å². The van der Waals surface area contributed by atoms with Gasteiger partial charge < -0.3 is 10.4 Å². The van der Waals surface area contributed by atoms with Gasteiger partial charge in [0.15, 0.2) is 0 Å². The normalized spacial score (nSPS) is 14.9. The van der Waals surface area contributed by atoms with Gasteiger partial charge in [-0.05, 0) is 39.3 Å². The molecule has 2 atom stereocenters. The Labute approximate surface area is 92.3 Å². The number of aliphatic hydroxyl groups excluding tert-OH is 1. The molecule has 1 aromatic rings. The van der Waals surface area contributed by atoms with Crippen molar-refractivity contribution in [2.75, 3.05) is 6.54 Å². The molecule has 0 aliphatic heterocycles. The van der Waals surface area contributed by atoms with Gasteiger partial charge in [0, 0.05) is 6.04 Å². The standard InChI is InChI=1S/C13H21NO/c1-10-4-6-13(7-5-10)12(3)14-9-8-11(2)15/h4-7,11-12,14-15H,8-9H2,1-3H3/t11-,12+/m1/s1. The van der Waals surface area contributed by atoms with Crippen LogP contribution in [0.15, 0.2) is 24.3 Å². The van der Waals surface area contributed by atoms with Crippen LogP contribution < -0.4 is 5.32 Å². The summed E-state index contributed by atoms with van der Waals surface area (Å²) in [6, 6.07) is 8.90. The molecule has 0 aliphatic rings. The zero-order chi connectivity index (χ0) is 11.3. The lowest BCUT2D eigenvalue weighted by Crippen LogP contribution is -2.22. The van der Waals surface area contributed by atoms with E-state index >= 15 is 0 Å². The van der Waals surface area contributed by atoms with Crippen LogP contribution in [0.2, 0.25) is 0 Å². The van der Waals surface area contributed by atoms with E-state index in [0.29, 0.717) is 6.04 Å². The number of hydrogen-bond donors (Lipinski definition) is 2. The summed E-state index contributed by atoms with van der Waals surface area (Å²) in [6.07, 6.45) is 0.582. The van der Waals surface area contributed by atoms with Gasteiger partial charge in [0.05, 0.1) is 6.10 Å². The van der Waals surface area contributed by atoms with Crippen LogP contribution in [-0.4, -0.2) is 17.8 Å². The van der Waals surface area contributed by atoms with Crippen molar-refractivity contribution in [3.63, 3.8) is 0 Å². The first-order valence-electron chi connectivity index (χ1n) is 5.57. The third kappa shape index (κ3) is 4.45. The highest BCUT2D eigenvalue weighted by atomic mass is 16.3. The molecule has 0 spiro atoms. The lowest BCUT2D eigenvalue weighted by molar-refractivity contribution is 0.182. The predicted octanol–water partition coefficient (Wildman–Crippen LogP) is 2.42. The fraction of sp³-hybridized carbons (Fsp3) is 0.538. The Balaban J connectivity index is 2.40. The van der Waals surface area contributed by atoms with E-state index in [1.54, 1.807) is 0 Å². The Kier molecular flexibility index (Phi) is 4.79. The van der Waals surface area contributed by atoms with Crippen molar-refractivity contribution in [1.82, 2.24) is 5.32 Å². The van der Waals surface area contributed by atoms with Crippen LogP contribution in [0.4, 0.5) is 0 Å². The SMILES string of the molecule is Cc1ccc([C@H](C)NCC[C@@H](C)O)cc1. The van der Waals surface area contributed by atoms with Crippen LogP contribution in [0.5, 0.6) is 0 Å². The summed E-state index contributed by atoms with van der Waals surface area (Å²) >= 11 is 0. The topological polar surface area (TPSA) is 32.3 Å². The van der Waals surface area contributed by atoms with Gasteiger partial charge in [0.2, 0.25) is 0 Å². The smallest absolute Gasteiger partial charge is 0.0524 e. The third-order valence-electron chi connectivity index (χ3n) is 2.59. The zero-order valence-electron chi connectivity index (χ0n) is 9.83. The van der Waals surface area contributed by atoms with Crippen molar-refractivity contribution >= 4 is 0 Å². The fourth-order valence-corrected chi connectivity index (χ4v) is 1.48. The van der Waals surface area contributed by atoms with Gasteiger partial charge in [0.1, 0.15) is 0 Å². The molecule has 0 amide bonds. The van der Waals surface area contributed by atoms with Crippen LogP contribution in [-0.2, 0) is 0 Å². The van der Waals surface area contributed by atoms with Gasteiger partial charge in [-0.2, -0.15) is 0 Å². The van der Waals surface area contributed by atoms with Crippen LogP contribution in [0.1, 0.15) is 37.4 Å². The maximum absolute atomic E-state index is 9.13. The van der Waals surface area contributed by atoms with Gasteiger partial charge in [0.25, 0.3) is 0 Å². The Morgan fingerprint density at radius 2 is 1.80 bits per heavy atom. The van der Waals surface area contributed by atoms with Crippen molar-refractivity contribution < 1.29 is 5.11 Å². The molecule has 2 heteroatoms. The highest BCUT2D eigenvalue weighted by Gasteiger charge is 2.04. The van der Waals surface area contributed by atoms with Gasteiger partial charge >= 0.3 is 0 Å². The summed E-state index contributed by atoms with van der Waals surface area (Å²) in [7, 11) is 0. The summed E-state index contributed by atoms with van der Waals surface area (Å²) < 4.78 is 0. The minimum absolute atomic E-state index is 0.220. The largest absolute Gasteiger partial charge is 0.393 e. The molecule has 0 unspecified atom stereocenters. The molecule has 0 bridgehead atoms. The number of hydrogen-bond acceptors (Lipinski definition) is 2. The van der Waals surface area contributed by atoms with Crippen molar-refractivity contribution in [2.24, 2.45) is 0 Å². The molecule has 15 heavy (non-hydrogen) atoms. The first kappa shape index (κ1) is 12.2. The van der Waals surface area contributed by atoms with Crippen molar-refractivity contribution in [3.05, 3.63) is 35.4 Å². The van der Waals surface area contributed by atoms with Crippen molar-refractivity contribution in [1.29, 1.82) is 0 Å². The second-order valence-electron chi connectivity index (χ2n) is 4.22. The van der Waals surface area contributed by atoms with Crippen LogP contribution in [0.25, 0.3) is 0 Å². The molecule has 0 aromatic heterocycles. The first-order valence-corrected chi connectivity index (χ1v) is 5.57. The van der Waals surface area contributed by atoms with E-state index in [2.05, 4.69) is 43.4 Å². The highest BCUT2D eigenvalue weighted by Crippen LogP contribution is 2.12. The summed E-state index contributed by atoms with van der Waals surface area (Å²) in [5.41, 5.74) is 2.58. The van der Waals surface area contributed by atoms with Gasteiger partial charge in [-0.15, -0.1) is 0 Å². The Morgan fingerprint density at radius 1 is 1.20 bits per heavy atom. The number of rotatable bonds is 5. The van der Waals surface area contributed by atoms with Crippen LogP contribution >= 0.6 is 0 Å². The van der Waals surface area contributed by atoms with E-state index in [-0.39, 0.29) is 6.10 Å². The minimum atomic E-state index is -0.220. The Bertz CT molecular complexity index is 279. The molecule has 0 saturated heterocycles. The summed E-state index contributed by atoms with van der Waals surface area (Å²) in [6.45, 7) is 6.91. The molecular formula is C13H21NO. The van der Waals surface area contributed by atoms with Gasteiger partial charge in [-0.1, -0.05) is 29.8 Å². The third-order valence-corrected chi connectivity index (χ3v) is 2.59. The molecular weight excluding hydrogens is 186 g/mol. The summed E-state index contributed by atoms with van der Waals surface area (Å²) in [5.74, 6) is 0. The highest BCUT2D eigenvalue weighted by molar-refractivity contribution is 5.23. The van der Waals surface area contributed by atoms with Crippen molar-refractivity contribution in [3.8, 4) is 0 Å². The molecule has 0 aliphatic carbocycles. The van der Waals surface area contributed by atoms with E-state index in [0.717, 1.165) is 13.0 Å². The zero-order valence-corrected chi connectivity index (χ0v) is 9.83. The molecule has 1 aromatic carbocycles. The van der Waals surface area contributed by atoms with E-state index < -0.39 is 0 Å².